The SMILES string of the molecule is CCC1C(=O)NC2CC(NC(=O)c3cccc([N+](=O)[O-])c3C)CCC2C1C. The van der Waals surface area contributed by atoms with E-state index in [9.17, 15) is 19.7 Å². The number of nitro groups is 1. The second-order valence-electron chi connectivity index (χ2n) is 7.84. The monoisotopic (exact) mass is 373 g/mol. The minimum absolute atomic E-state index is 0.0388. The standard InChI is InChI=1S/C20H27N3O4/c1-4-14-11(2)15-9-8-13(10-17(15)22-19(14)24)21-20(25)16-6-5-7-18(12(16)3)23(26)27/h5-7,11,13-15,17H,4,8-10H2,1-3H3,(H,21,25)(H,22,24). The molecule has 1 aromatic rings. The third-order valence-corrected chi connectivity index (χ3v) is 6.40. The number of hydrogen-bond donors (Lipinski definition) is 2. The molecule has 1 aliphatic heterocycles. The molecule has 5 unspecified atom stereocenters. The third-order valence-electron chi connectivity index (χ3n) is 6.40. The van der Waals surface area contributed by atoms with Crippen LogP contribution in [0.3, 0.4) is 0 Å². The number of benzene rings is 1. The van der Waals surface area contributed by atoms with Crippen LogP contribution in [-0.4, -0.2) is 28.8 Å². The van der Waals surface area contributed by atoms with Gasteiger partial charge in [0.25, 0.3) is 11.6 Å². The maximum absolute atomic E-state index is 12.7. The molecule has 0 bridgehead atoms. The summed E-state index contributed by atoms with van der Waals surface area (Å²) in [7, 11) is 0. The highest BCUT2D eigenvalue weighted by molar-refractivity contribution is 5.96. The van der Waals surface area contributed by atoms with Gasteiger partial charge in [0, 0.05) is 35.2 Å². The second-order valence-corrected chi connectivity index (χ2v) is 7.84. The van der Waals surface area contributed by atoms with Crippen molar-refractivity contribution in [3.63, 3.8) is 0 Å². The Morgan fingerprint density at radius 2 is 2.11 bits per heavy atom. The molecule has 0 spiro atoms. The lowest BCUT2D eigenvalue weighted by atomic mass is 9.67. The first-order chi connectivity index (χ1) is 12.8. The number of nitro benzene ring substituents is 1. The third kappa shape index (κ3) is 3.68. The van der Waals surface area contributed by atoms with Crippen LogP contribution in [0.25, 0.3) is 0 Å². The fraction of sp³-hybridized carbons (Fsp3) is 0.600. The van der Waals surface area contributed by atoms with Gasteiger partial charge < -0.3 is 10.6 Å². The summed E-state index contributed by atoms with van der Waals surface area (Å²) in [5.41, 5.74) is 0.655. The molecule has 2 N–H and O–H groups in total. The van der Waals surface area contributed by atoms with E-state index in [0.717, 1.165) is 19.3 Å². The normalized spacial score (nSPS) is 30.2. The summed E-state index contributed by atoms with van der Waals surface area (Å²) in [6.45, 7) is 5.81. The van der Waals surface area contributed by atoms with Crippen molar-refractivity contribution in [1.29, 1.82) is 0 Å². The lowest BCUT2D eigenvalue weighted by Crippen LogP contribution is -2.58. The van der Waals surface area contributed by atoms with Crippen LogP contribution in [0.1, 0.15) is 55.5 Å². The maximum Gasteiger partial charge on any atom is 0.273 e. The van der Waals surface area contributed by atoms with Crippen LogP contribution in [0.2, 0.25) is 0 Å². The molecule has 27 heavy (non-hydrogen) atoms. The van der Waals surface area contributed by atoms with Crippen molar-refractivity contribution < 1.29 is 14.5 Å². The minimum atomic E-state index is -0.472. The van der Waals surface area contributed by atoms with Crippen LogP contribution in [0.5, 0.6) is 0 Å². The molecule has 7 nitrogen and oxygen atoms in total. The number of rotatable bonds is 4. The Labute approximate surface area is 159 Å². The highest BCUT2D eigenvalue weighted by Gasteiger charge is 2.43. The number of carbonyl (C=O) groups is 2. The van der Waals surface area contributed by atoms with Crippen molar-refractivity contribution in [2.75, 3.05) is 0 Å². The molecule has 2 aliphatic rings. The highest BCUT2D eigenvalue weighted by Crippen LogP contribution is 2.39. The van der Waals surface area contributed by atoms with E-state index in [1.165, 1.54) is 12.1 Å². The van der Waals surface area contributed by atoms with E-state index in [4.69, 9.17) is 0 Å². The Hall–Kier alpha value is -2.44. The number of nitrogens with zero attached hydrogens (tertiary/aromatic N) is 1. The first kappa shape index (κ1) is 19.3. The smallest absolute Gasteiger partial charge is 0.273 e. The Balaban J connectivity index is 1.68. The summed E-state index contributed by atoms with van der Waals surface area (Å²) in [6, 6.07) is 4.59. The van der Waals surface area contributed by atoms with Crippen LogP contribution in [0.15, 0.2) is 18.2 Å². The first-order valence-electron chi connectivity index (χ1n) is 9.68. The summed E-state index contributed by atoms with van der Waals surface area (Å²) in [5.74, 6) is 0.698. The Morgan fingerprint density at radius 1 is 1.37 bits per heavy atom. The molecule has 2 fully saturated rings. The molecule has 0 radical (unpaired) electrons. The zero-order valence-electron chi connectivity index (χ0n) is 16.0. The van der Waals surface area contributed by atoms with Gasteiger partial charge >= 0.3 is 0 Å². The van der Waals surface area contributed by atoms with E-state index in [2.05, 4.69) is 17.6 Å². The number of fused-ring (bicyclic) bond motifs is 1. The lowest BCUT2D eigenvalue weighted by Gasteiger charge is -2.46. The quantitative estimate of drug-likeness (QED) is 0.626. The van der Waals surface area contributed by atoms with Crippen molar-refractivity contribution in [2.24, 2.45) is 17.8 Å². The van der Waals surface area contributed by atoms with Gasteiger partial charge in [-0.2, -0.15) is 0 Å². The highest BCUT2D eigenvalue weighted by atomic mass is 16.6. The largest absolute Gasteiger partial charge is 0.353 e. The molecular weight excluding hydrogens is 346 g/mol. The van der Waals surface area contributed by atoms with Gasteiger partial charge in [-0.05, 0) is 50.5 Å². The second kappa shape index (κ2) is 7.66. The summed E-state index contributed by atoms with van der Waals surface area (Å²) in [6.07, 6.45) is 3.37. The van der Waals surface area contributed by atoms with Gasteiger partial charge in [-0.25, -0.2) is 0 Å². The molecule has 3 rings (SSSR count). The van der Waals surface area contributed by atoms with Crippen molar-refractivity contribution in [3.8, 4) is 0 Å². The zero-order valence-corrected chi connectivity index (χ0v) is 16.0. The fourth-order valence-corrected chi connectivity index (χ4v) is 4.83. The fourth-order valence-electron chi connectivity index (χ4n) is 4.83. The van der Waals surface area contributed by atoms with Crippen LogP contribution >= 0.6 is 0 Å². The van der Waals surface area contributed by atoms with Crippen molar-refractivity contribution in [3.05, 3.63) is 39.4 Å². The van der Waals surface area contributed by atoms with E-state index in [-0.39, 0.29) is 35.5 Å². The van der Waals surface area contributed by atoms with Crippen LogP contribution in [0.4, 0.5) is 5.69 Å². The molecule has 1 saturated carbocycles. The lowest BCUT2D eigenvalue weighted by molar-refractivity contribution is -0.385. The van der Waals surface area contributed by atoms with E-state index >= 15 is 0 Å². The van der Waals surface area contributed by atoms with Crippen molar-refractivity contribution in [1.82, 2.24) is 10.6 Å². The summed E-state index contributed by atoms with van der Waals surface area (Å²) in [5, 5.41) is 17.3. The van der Waals surface area contributed by atoms with Crippen LogP contribution in [-0.2, 0) is 4.79 Å². The molecular formula is C20H27N3O4. The minimum Gasteiger partial charge on any atom is -0.353 e. The predicted octanol–water partition coefficient (Wildman–Crippen LogP) is 2.96. The van der Waals surface area contributed by atoms with E-state index in [0.29, 0.717) is 29.4 Å². The molecule has 1 aromatic carbocycles. The molecule has 5 atom stereocenters. The molecule has 0 aromatic heterocycles. The summed E-state index contributed by atoms with van der Waals surface area (Å²) in [4.78, 5) is 35.6. The molecule has 1 heterocycles. The molecule has 7 heteroatoms. The Bertz CT molecular complexity index is 764. The first-order valence-corrected chi connectivity index (χ1v) is 9.68. The van der Waals surface area contributed by atoms with Gasteiger partial charge in [0.15, 0.2) is 0 Å². The topological polar surface area (TPSA) is 101 Å². The number of hydrogen-bond acceptors (Lipinski definition) is 4. The molecule has 2 amide bonds. The van der Waals surface area contributed by atoms with Gasteiger partial charge in [-0.15, -0.1) is 0 Å². The molecule has 1 saturated heterocycles. The van der Waals surface area contributed by atoms with Gasteiger partial charge in [-0.1, -0.05) is 19.9 Å². The number of piperidine rings is 1. The average molecular weight is 373 g/mol. The molecule has 1 aliphatic carbocycles. The number of amides is 2. The predicted molar refractivity (Wildman–Crippen MR) is 101 cm³/mol. The van der Waals surface area contributed by atoms with E-state index in [1.54, 1.807) is 13.0 Å². The van der Waals surface area contributed by atoms with Crippen molar-refractivity contribution in [2.45, 2.75) is 58.5 Å². The number of carbonyl (C=O) groups excluding carboxylic acids is 2. The Morgan fingerprint density at radius 3 is 2.78 bits per heavy atom. The summed E-state index contributed by atoms with van der Waals surface area (Å²) < 4.78 is 0. The van der Waals surface area contributed by atoms with Gasteiger partial charge in [-0.3, -0.25) is 19.7 Å². The maximum atomic E-state index is 12.7. The molecule has 146 valence electrons. The zero-order chi connectivity index (χ0) is 19.7. The van der Waals surface area contributed by atoms with E-state index < -0.39 is 4.92 Å². The van der Waals surface area contributed by atoms with Gasteiger partial charge in [0.2, 0.25) is 5.91 Å². The summed E-state index contributed by atoms with van der Waals surface area (Å²) >= 11 is 0. The van der Waals surface area contributed by atoms with Gasteiger partial charge in [0.05, 0.1) is 4.92 Å². The van der Waals surface area contributed by atoms with E-state index in [1.807, 2.05) is 6.92 Å². The van der Waals surface area contributed by atoms with Crippen LogP contribution < -0.4 is 10.6 Å². The van der Waals surface area contributed by atoms with Crippen LogP contribution in [0, 0.1) is 34.8 Å². The van der Waals surface area contributed by atoms with Crippen molar-refractivity contribution >= 4 is 17.5 Å². The number of nitrogens with one attached hydrogen (secondary N) is 2. The average Bonchev–Trinajstić information content (AvgIpc) is 2.61. The van der Waals surface area contributed by atoms with Gasteiger partial charge in [0.1, 0.15) is 0 Å². The Kier molecular flexibility index (Phi) is 5.48.